The lowest BCUT2D eigenvalue weighted by Crippen LogP contribution is -2.44. The lowest BCUT2D eigenvalue weighted by Gasteiger charge is -2.36. The Morgan fingerprint density at radius 2 is 2.14 bits per heavy atom. The van der Waals surface area contributed by atoms with Gasteiger partial charge < -0.3 is 14.7 Å². The van der Waals surface area contributed by atoms with Gasteiger partial charge in [-0.05, 0) is 37.3 Å². The first-order valence-corrected chi connectivity index (χ1v) is 7.90. The Balaban J connectivity index is 2.14. The predicted molar refractivity (Wildman–Crippen MR) is 81.7 cm³/mol. The maximum atomic E-state index is 12.5. The fourth-order valence-electron chi connectivity index (χ4n) is 2.42. The van der Waals surface area contributed by atoms with E-state index >= 15 is 0 Å². The second-order valence-corrected chi connectivity index (χ2v) is 6.18. The van der Waals surface area contributed by atoms with Crippen molar-refractivity contribution in [3.8, 4) is 17.6 Å². The number of aromatic hydroxyl groups is 1. The molecular formula is C15H18N2O3S. The SMILES string of the molecule is COc1ccc(O)c(C(=O)N2CCC(C#N)(SC)CC2)c1. The highest BCUT2D eigenvalue weighted by atomic mass is 32.2. The summed E-state index contributed by atoms with van der Waals surface area (Å²) in [5, 5.41) is 19.1. The molecule has 5 nitrogen and oxygen atoms in total. The molecule has 1 aromatic rings. The van der Waals surface area contributed by atoms with Crippen LogP contribution >= 0.6 is 11.8 Å². The number of rotatable bonds is 3. The highest BCUT2D eigenvalue weighted by Gasteiger charge is 2.36. The Kier molecular flexibility index (Phi) is 4.63. The summed E-state index contributed by atoms with van der Waals surface area (Å²) in [6.07, 6.45) is 3.21. The molecular weight excluding hydrogens is 288 g/mol. The standard InChI is InChI=1S/C15H18N2O3S/c1-20-11-3-4-13(18)12(9-11)14(19)17-7-5-15(10-16,21-2)6-8-17/h3-4,9,18H,5-8H2,1-2H3. The van der Waals surface area contributed by atoms with Crippen LogP contribution in [0.2, 0.25) is 0 Å². The minimum atomic E-state index is -0.396. The molecule has 0 atom stereocenters. The Hall–Kier alpha value is -1.87. The molecule has 0 bridgehead atoms. The number of nitriles is 1. The van der Waals surface area contributed by atoms with Gasteiger partial charge in [0.05, 0.1) is 18.7 Å². The average molecular weight is 306 g/mol. The first kappa shape index (κ1) is 15.5. The number of nitrogens with zero attached hydrogens (tertiary/aromatic N) is 2. The van der Waals surface area contributed by atoms with Gasteiger partial charge in [0.15, 0.2) is 0 Å². The fourth-order valence-corrected chi connectivity index (χ4v) is 3.10. The minimum Gasteiger partial charge on any atom is -0.507 e. The van der Waals surface area contributed by atoms with Gasteiger partial charge in [-0.3, -0.25) is 4.79 Å². The fraction of sp³-hybridized carbons (Fsp3) is 0.467. The number of methoxy groups -OCH3 is 1. The number of likely N-dealkylation sites (tertiary alicyclic amines) is 1. The van der Waals surface area contributed by atoms with E-state index in [2.05, 4.69) is 6.07 Å². The molecule has 0 aliphatic carbocycles. The van der Waals surface area contributed by atoms with Crippen LogP contribution in [0.5, 0.6) is 11.5 Å². The van der Waals surface area contributed by atoms with E-state index in [9.17, 15) is 15.2 Å². The van der Waals surface area contributed by atoms with Crippen LogP contribution in [0.3, 0.4) is 0 Å². The number of phenols is 1. The van der Waals surface area contributed by atoms with Gasteiger partial charge >= 0.3 is 0 Å². The van der Waals surface area contributed by atoms with E-state index in [1.54, 1.807) is 28.8 Å². The van der Waals surface area contributed by atoms with E-state index in [-0.39, 0.29) is 17.2 Å². The zero-order valence-electron chi connectivity index (χ0n) is 12.1. The van der Waals surface area contributed by atoms with E-state index in [1.165, 1.54) is 13.2 Å². The molecule has 6 heteroatoms. The molecule has 1 amide bonds. The number of phenolic OH excluding ortho intramolecular Hbond substituents is 1. The first-order chi connectivity index (χ1) is 10.0. The summed E-state index contributed by atoms with van der Waals surface area (Å²) in [6.45, 7) is 1.04. The summed E-state index contributed by atoms with van der Waals surface area (Å²) in [5.74, 6) is 0.255. The molecule has 1 heterocycles. The van der Waals surface area contributed by atoms with Crippen LogP contribution in [0.15, 0.2) is 18.2 Å². The van der Waals surface area contributed by atoms with Crippen LogP contribution in [0.4, 0.5) is 0 Å². The molecule has 0 saturated carbocycles. The average Bonchev–Trinajstić information content (AvgIpc) is 2.55. The largest absolute Gasteiger partial charge is 0.507 e. The number of carbonyl (C=O) groups is 1. The number of hydrogen-bond acceptors (Lipinski definition) is 5. The molecule has 1 N–H and O–H groups in total. The number of ether oxygens (including phenoxy) is 1. The van der Waals surface area contributed by atoms with Gasteiger partial charge in [0.1, 0.15) is 16.2 Å². The molecule has 1 fully saturated rings. The molecule has 1 aliphatic heterocycles. The zero-order chi connectivity index (χ0) is 15.5. The van der Waals surface area contributed by atoms with Crippen molar-refractivity contribution in [3.63, 3.8) is 0 Å². The Morgan fingerprint density at radius 1 is 1.48 bits per heavy atom. The molecule has 1 saturated heterocycles. The Bertz CT molecular complexity index is 575. The topological polar surface area (TPSA) is 73.6 Å². The summed E-state index contributed by atoms with van der Waals surface area (Å²) in [5.41, 5.74) is 0.239. The van der Waals surface area contributed by atoms with Gasteiger partial charge in [0.25, 0.3) is 5.91 Å². The third-order valence-electron chi connectivity index (χ3n) is 3.89. The lowest BCUT2D eigenvalue weighted by molar-refractivity contribution is 0.0713. The second-order valence-electron chi connectivity index (χ2n) is 4.99. The normalized spacial score (nSPS) is 17.1. The number of amides is 1. The van der Waals surface area contributed by atoms with E-state index < -0.39 is 4.75 Å². The van der Waals surface area contributed by atoms with Crippen molar-refractivity contribution >= 4 is 17.7 Å². The summed E-state index contributed by atoms with van der Waals surface area (Å²) >= 11 is 1.54. The summed E-state index contributed by atoms with van der Waals surface area (Å²) in [4.78, 5) is 14.2. The van der Waals surface area contributed by atoms with E-state index in [0.717, 1.165) is 0 Å². The van der Waals surface area contributed by atoms with Crippen molar-refractivity contribution in [1.82, 2.24) is 4.90 Å². The lowest BCUT2D eigenvalue weighted by atomic mass is 9.96. The summed E-state index contributed by atoms with van der Waals surface area (Å²) in [6, 6.07) is 6.96. The smallest absolute Gasteiger partial charge is 0.257 e. The van der Waals surface area contributed by atoms with Crippen molar-refractivity contribution in [2.75, 3.05) is 26.5 Å². The highest BCUT2D eigenvalue weighted by Crippen LogP contribution is 2.35. The van der Waals surface area contributed by atoms with Crippen molar-refractivity contribution in [3.05, 3.63) is 23.8 Å². The molecule has 2 rings (SSSR count). The second kappa shape index (κ2) is 6.27. The highest BCUT2D eigenvalue weighted by molar-refractivity contribution is 8.00. The van der Waals surface area contributed by atoms with E-state index in [1.807, 2.05) is 6.26 Å². The minimum absolute atomic E-state index is 0.0530. The van der Waals surface area contributed by atoms with E-state index in [0.29, 0.717) is 31.7 Å². The number of carbonyl (C=O) groups excluding carboxylic acids is 1. The first-order valence-electron chi connectivity index (χ1n) is 6.68. The van der Waals surface area contributed by atoms with Gasteiger partial charge in [0.2, 0.25) is 0 Å². The molecule has 0 unspecified atom stereocenters. The molecule has 112 valence electrons. The number of hydrogen-bond donors (Lipinski definition) is 1. The molecule has 1 aromatic carbocycles. The van der Waals surface area contributed by atoms with Crippen LogP contribution in [-0.2, 0) is 0 Å². The molecule has 21 heavy (non-hydrogen) atoms. The van der Waals surface area contributed by atoms with Crippen LogP contribution in [-0.4, -0.2) is 47.1 Å². The Morgan fingerprint density at radius 3 is 2.67 bits per heavy atom. The Labute approximate surface area is 128 Å². The quantitative estimate of drug-likeness (QED) is 0.927. The third-order valence-corrected chi connectivity index (χ3v) is 5.17. The van der Waals surface area contributed by atoms with Crippen molar-refractivity contribution < 1.29 is 14.6 Å². The van der Waals surface area contributed by atoms with Crippen LogP contribution in [0, 0.1) is 11.3 Å². The maximum Gasteiger partial charge on any atom is 0.257 e. The van der Waals surface area contributed by atoms with Gasteiger partial charge in [0, 0.05) is 13.1 Å². The summed E-state index contributed by atoms with van der Waals surface area (Å²) in [7, 11) is 1.52. The van der Waals surface area contributed by atoms with Gasteiger partial charge in [-0.2, -0.15) is 5.26 Å². The molecule has 0 radical (unpaired) electrons. The molecule has 0 spiro atoms. The third kappa shape index (κ3) is 3.08. The number of benzene rings is 1. The number of piperidine rings is 1. The number of thioether (sulfide) groups is 1. The van der Waals surface area contributed by atoms with Gasteiger partial charge in [-0.1, -0.05) is 0 Å². The van der Waals surface area contributed by atoms with Crippen LogP contribution in [0.1, 0.15) is 23.2 Å². The van der Waals surface area contributed by atoms with Crippen molar-refractivity contribution in [1.29, 1.82) is 5.26 Å². The van der Waals surface area contributed by atoms with Crippen molar-refractivity contribution in [2.24, 2.45) is 0 Å². The predicted octanol–water partition coefficient (Wildman–Crippen LogP) is 2.26. The van der Waals surface area contributed by atoms with Crippen LogP contribution in [0.25, 0.3) is 0 Å². The van der Waals surface area contributed by atoms with Crippen LogP contribution < -0.4 is 4.74 Å². The van der Waals surface area contributed by atoms with E-state index in [4.69, 9.17) is 4.74 Å². The van der Waals surface area contributed by atoms with Gasteiger partial charge in [-0.15, -0.1) is 11.8 Å². The zero-order valence-corrected chi connectivity index (χ0v) is 12.9. The monoisotopic (exact) mass is 306 g/mol. The molecule has 0 aromatic heterocycles. The van der Waals surface area contributed by atoms with Crippen molar-refractivity contribution in [2.45, 2.75) is 17.6 Å². The maximum absolute atomic E-state index is 12.5. The summed E-state index contributed by atoms with van der Waals surface area (Å²) < 4.78 is 4.69. The van der Waals surface area contributed by atoms with Gasteiger partial charge in [-0.25, -0.2) is 0 Å². The molecule has 1 aliphatic rings.